The van der Waals surface area contributed by atoms with Crippen molar-refractivity contribution in [1.29, 1.82) is 0 Å². The summed E-state index contributed by atoms with van der Waals surface area (Å²) >= 11 is 7.17. The zero-order chi connectivity index (χ0) is 18.4. The standard InChI is InChI=1S/C20H24ClNO3S/c21-17-13-16(25-11-5-4-8-14-6-2-1-3-7-14)10-9-15(17)12-18-19(23)22-20(24)26-18/h9-10,12-14H,1-8,11H2,(H,22,23,24)/b18-12-. The molecule has 1 aromatic carbocycles. The van der Waals surface area contributed by atoms with Gasteiger partial charge >= 0.3 is 0 Å². The molecule has 0 bridgehead atoms. The van der Waals surface area contributed by atoms with Crippen LogP contribution in [0.3, 0.4) is 0 Å². The topological polar surface area (TPSA) is 55.4 Å². The minimum Gasteiger partial charge on any atom is -0.494 e. The van der Waals surface area contributed by atoms with Gasteiger partial charge in [0.05, 0.1) is 16.5 Å². The van der Waals surface area contributed by atoms with Gasteiger partial charge in [0.25, 0.3) is 11.1 Å². The van der Waals surface area contributed by atoms with Crippen LogP contribution in [0.5, 0.6) is 5.75 Å². The van der Waals surface area contributed by atoms with E-state index < -0.39 is 0 Å². The maximum absolute atomic E-state index is 11.6. The molecule has 2 fully saturated rings. The second-order valence-corrected chi connectivity index (χ2v) is 8.31. The van der Waals surface area contributed by atoms with Gasteiger partial charge in [-0.1, -0.05) is 50.1 Å². The smallest absolute Gasteiger partial charge is 0.290 e. The number of nitrogens with one attached hydrogen (secondary N) is 1. The lowest BCUT2D eigenvalue weighted by atomic mass is 9.86. The average Bonchev–Trinajstić information content (AvgIpc) is 2.95. The van der Waals surface area contributed by atoms with Crippen molar-refractivity contribution < 1.29 is 14.3 Å². The third-order valence-corrected chi connectivity index (χ3v) is 6.04. The van der Waals surface area contributed by atoms with E-state index in [1.807, 2.05) is 12.1 Å². The van der Waals surface area contributed by atoms with Crippen LogP contribution in [-0.2, 0) is 4.79 Å². The van der Waals surface area contributed by atoms with Crippen LogP contribution in [-0.4, -0.2) is 17.8 Å². The van der Waals surface area contributed by atoms with Gasteiger partial charge in [-0.3, -0.25) is 14.9 Å². The third-order valence-electron chi connectivity index (χ3n) is 4.90. The second-order valence-electron chi connectivity index (χ2n) is 6.88. The molecule has 26 heavy (non-hydrogen) atoms. The molecule has 1 aliphatic heterocycles. The fourth-order valence-electron chi connectivity index (χ4n) is 3.48. The number of unbranched alkanes of at least 4 members (excludes halogenated alkanes) is 1. The average molecular weight is 394 g/mol. The molecule has 1 N–H and O–H groups in total. The molecule has 3 rings (SSSR count). The maximum Gasteiger partial charge on any atom is 0.290 e. The number of amides is 2. The lowest BCUT2D eigenvalue weighted by Crippen LogP contribution is -2.17. The van der Waals surface area contributed by atoms with Gasteiger partial charge in [0.1, 0.15) is 5.75 Å². The molecule has 0 aromatic heterocycles. The molecular weight excluding hydrogens is 370 g/mol. The molecule has 0 radical (unpaired) electrons. The SMILES string of the molecule is O=C1NC(=O)/C(=C/c2ccc(OCCCCC3CCCCC3)cc2Cl)S1. The van der Waals surface area contributed by atoms with Crippen molar-refractivity contribution in [3.63, 3.8) is 0 Å². The summed E-state index contributed by atoms with van der Waals surface area (Å²) in [5.74, 6) is 1.27. The molecule has 6 heteroatoms. The van der Waals surface area contributed by atoms with Gasteiger partial charge in [0.2, 0.25) is 0 Å². The highest BCUT2D eigenvalue weighted by molar-refractivity contribution is 8.18. The van der Waals surface area contributed by atoms with E-state index in [1.54, 1.807) is 12.1 Å². The summed E-state index contributed by atoms with van der Waals surface area (Å²) in [4.78, 5) is 23.2. The van der Waals surface area contributed by atoms with Crippen LogP contribution >= 0.6 is 23.4 Å². The number of carbonyl (C=O) groups excluding carboxylic acids is 2. The first-order valence-electron chi connectivity index (χ1n) is 9.29. The summed E-state index contributed by atoms with van der Waals surface area (Å²) in [6.07, 6.45) is 12.2. The van der Waals surface area contributed by atoms with Crippen molar-refractivity contribution in [3.05, 3.63) is 33.7 Å². The molecule has 4 nitrogen and oxygen atoms in total. The third kappa shape index (κ3) is 5.52. The molecule has 1 aromatic rings. The molecule has 1 saturated heterocycles. The summed E-state index contributed by atoms with van der Waals surface area (Å²) in [6.45, 7) is 0.691. The summed E-state index contributed by atoms with van der Waals surface area (Å²) in [6, 6.07) is 5.41. The number of rotatable bonds is 7. The fraction of sp³-hybridized carbons (Fsp3) is 0.500. The Bertz CT molecular complexity index is 698. The minimum atomic E-state index is -0.380. The van der Waals surface area contributed by atoms with E-state index in [2.05, 4.69) is 5.32 Å². The van der Waals surface area contributed by atoms with Crippen LogP contribution in [0.1, 0.15) is 56.9 Å². The highest BCUT2D eigenvalue weighted by Crippen LogP contribution is 2.30. The Morgan fingerprint density at radius 1 is 1.19 bits per heavy atom. The minimum absolute atomic E-state index is 0.355. The van der Waals surface area contributed by atoms with E-state index in [4.69, 9.17) is 16.3 Å². The molecule has 1 aliphatic carbocycles. The zero-order valence-electron chi connectivity index (χ0n) is 14.8. The van der Waals surface area contributed by atoms with Crippen molar-refractivity contribution >= 4 is 40.6 Å². The molecule has 140 valence electrons. The molecule has 2 aliphatic rings. The van der Waals surface area contributed by atoms with Crippen LogP contribution in [0.2, 0.25) is 5.02 Å². The number of hydrogen-bond acceptors (Lipinski definition) is 4. The maximum atomic E-state index is 11.6. The van der Waals surface area contributed by atoms with E-state index in [9.17, 15) is 9.59 Å². The van der Waals surface area contributed by atoms with Crippen LogP contribution in [0.15, 0.2) is 23.1 Å². The molecule has 2 amide bonds. The van der Waals surface area contributed by atoms with Crippen molar-refractivity contribution in [2.45, 2.75) is 51.4 Å². The van der Waals surface area contributed by atoms with Gasteiger partial charge in [0, 0.05) is 0 Å². The van der Waals surface area contributed by atoms with Gasteiger partial charge in [-0.05, 0) is 60.4 Å². The van der Waals surface area contributed by atoms with E-state index in [0.717, 1.165) is 29.9 Å². The number of hydrogen-bond donors (Lipinski definition) is 1. The first kappa shape index (κ1) is 19.3. The Kier molecular flexibility index (Phi) is 7.03. The molecule has 0 atom stereocenters. The Morgan fingerprint density at radius 3 is 2.69 bits per heavy atom. The molecule has 1 heterocycles. The van der Waals surface area contributed by atoms with Crippen molar-refractivity contribution in [2.24, 2.45) is 5.92 Å². The summed E-state index contributed by atoms with van der Waals surface area (Å²) in [5.41, 5.74) is 0.698. The van der Waals surface area contributed by atoms with Crippen LogP contribution < -0.4 is 10.1 Å². The van der Waals surface area contributed by atoms with E-state index >= 15 is 0 Å². The fourth-order valence-corrected chi connectivity index (χ4v) is 4.38. The summed E-state index contributed by atoms with van der Waals surface area (Å²) < 4.78 is 5.80. The summed E-state index contributed by atoms with van der Waals surface area (Å²) in [7, 11) is 0. The molecular formula is C20H24ClNO3S. The van der Waals surface area contributed by atoms with E-state index in [-0.39, 0.29) is 11.1 Å². The Morgan fingerprint density at radius 2 is 2.00 bits per heavy atom. The normalized spacial score (nSPS) is 19.8. The number of benzene rings is 1. The van der Waals surface area contributed by atoms with Crippen LogP contribution in [0.25, 0.3) is 6.08 Å². The van der Waals surface area contributed by atoms with Gasteiger partial charge in [-0.2, -0.15) is 0 Å². The number of carbonyl (C=O) groups is 2. The largest absolute Gasteiger partial charge is 0.494 e. The number of imide groups is 1. The second kappa shape index (κ2) is 9.47. The zero-order valence-corrected chi connectivity index (χ0v) is 16.3. The predicted octanol–water partition coefficient (Wildman–Crippen LogP) is 5.79. The molecule has 0 spiro atoms. The van der Waals surface area contributed by atoms with Gasteiger partial charge in [-0.15, -0.1) is 0 Å². The van der Waals surface area contributed by atoms with Crippen LogP contribution in [0.4, 0.5) is 4.79 Å². The lowest BCUT2D eigenvalue weighted by molar-refractivity contribution is -0.115. The van der Waals surface area contributed by atoms with Crippen molar-refractivity contribution in [2.75, 3.05) is 6.61 Å². The van der Waals surface area contributed by atoms with Gasteiger partial charge < -0.3 is 4.74 Å². The van der Waals surface area contributed by atoms with Gasteiger partial charge in [-0.25, -0.2) is 0 Å². The van der Waals surface area contributed by atoms with Crippen molar-refractivity contribution in [1.82, 2.24) is 5.32 Å². The monoisotopic (exact) mass is 393 g/mol. The molecule has 0 unspecified atom stereocenters. The van der Waals surface area contributed by atoms with Gasteiger partial charge in [0.15, 0.2) is 0 Å². The predicted molar refractivity (Wildman–Crippen MR) is 106 cm³/mol. The number of halogens is 1. The Balaban J connectivity index is 1.44. The summed E-state index contributed by atoms with van der Waals surface area (Å²) in [5, 5.41) is 2.38. The highest BCUT2D eigenvalue weighted by atomic mass is 35.5. The van der Waals surface area contributed by atoms with Crippen molar-refractivity contribution in [3.8, 4) is 5.75 Å². The Labute approximate surface area is 163 Å². The Hall–Kier alpha value is -1.46. The lowest BCUT2D eigenvalue weighted by Gasteiger charge is -2.21. The number of thioether (sulfide) groups is 1. The van der Waals surface area contributed by atoms with E-state index in [1.165, 1.54) is 44.9 Å². The molecule has 1 saturated carbocycles. The van der Waals surface area contributed by atoms with E-state index in [0.29, 0.717) is 22.1 Å². The van der Waals surface area contributed by atoms with Crippen LogP contribution in [0, 0.1) is 5.92 Å². The quantitative estimate of drug-likeness (QED) is 0.470. The highest BCUT2D eigenvalue weighted by Gasteiger charge is 2.25. The first-order chi connectivity index (χ1) is 12.6. The number of ether oxygens (including phenoxy) is 1. The first-order valence-corrected chi connectivity index (χ1v) is 10.5.